The van der Waals surface area contributed by atoms with Crippen LogP contribution in [0.4, 0.5) is 0 Å². The second-order valence-corrected chi connectivity index (χ2v) is 8.17. The van der Waals surface area contributed by atoms with E-state index < -0.39 is 9.93 Å². The fourth-order valence-electron chi connectivity index (χ4n) is 1.03. The molecule has 0 amide bonds. The fraction of sp³-hybridized carbons (Fsp3) is 1.00. The van der Waals surface area contributed by atoms with Crippen molar-refractivity contribution in [2.45, 2.75) is 38.9 Å². The molecule has 0 aliphatic rings. The third-order valence-electron chi connectivity index (χ3n) is 3.21. The van der Waals surface area contributed by atoms with E-state index in [4.69, 9.17) is 0 Å². The Kier molecular flexibility index (Phi) is 3.30. The Morgan fingerprint density at radius 1 is 1.36 bits per heavy atom. The number of hydrogen-bond acceptors (Lipinski definition) is 1. The van der Waals surface area contributed by atoms with Crippen molar-refractivity contribution in [3.05, 3.63) is 0 Å². The summed E-state index contributed by atoms with van der Waals surface area (Å²) < 4.78 is 11.8. The Hall–Kier alpha value is 0.150. The van der Waals surface area contributed by atoms with Gasteiger partial charge in [-0.3, -0.25) is 4.21 Å². The largest absolute Gasteiger partial charge is 0.285 e. The van der Waals surface area contributed by atoms with E-state index in [0.29, 0.717) is 5.92 Å². The van der Waals surface area contributed by atoms with Gasteiger partial charge in [0.25, 0.3) is 0 Å². The first-order valence-corrected chi connectivity index (χ1v) is 6.88. The highest BCUT2D eigenvalue weighted by molar-refractivity contribution is 8.03. The summed E-state index contributed by atoms with van der Waals surface area (Å²) in [5.41, 5.74) is 0. The molecule has 0 aliphatic heterocycles. The maximum atomic E-state index is 11.8. The lowest BCUT2D eigenvalue weighted by atomic mass is 9.95. The minimum absolute atomic E-state index is 0.00174. The lowest BCUT2D eigenvalue weighted by Crippen LogP contribution is -2.41. The Labute approximate surface area is 72.0 Å². The van der Waals surface area contributed by atoms with E-state index in [1.165, 1.54) is 0 Å². The highest BCUT2D eigenvalue weighted by Crippen LogP contribution is 2.30. The molecule has 0 aliphatic carbocycles. The molecule has 1 atom stereocenters. The van der Waals surface area contributed by atoms with Gasteiger partial charge in [0.05, 0.1) is 0 Å². The molecule has 0 aromatic carbocycles. The van der Waals surface area contributed by atoms with Gasteiger partial charge < -0.3 is 0 Å². The van der Waals surface area contributed by atoms with Gasteiger partial charge in [-0.1, -0.05) is 20.3 Å². The van der Waals surface area contributed by atoms with Gasteiger partial charge in [0.1, 0.15) is 0 Å². The van der Waals surface area contributed by atoms with Crippen LogP contribution in [0.2, 0.25) is 0 Å². The summed E-state index contributed by atoms with van der Waals surface area (Å²) in [6.07, 6.45) is 4.89. The molecule has 1 nitrogen and oxygen atoms in total. The first-order chi connectivity index (χ1) is 4.73. The molecule has 0 saturated heterocycles. The average molecular weight is 178 g/mol. The molecule has 0 saturated carbocycles. The molecule has 0 radical (unpaired) electrons. The third-order valence-corrected chi connectivity index (χ3v) is 6.42. The van der Waals surface area contributed by atoms with Crippen LogP contribution < -0.4 is 0 Å². The standard InChI is InChI=1S/C9H22OS/c1-7-8(2)9(3,4)11(5,6)10/h8,11H,7H2,1-6H3. The maximum absolute atomic E-state index is 11.8. The molecule has 11 heavy (non-hydrogen) atoms. The summed E-state index contributed by atoms with van der Waals surface area (Å²) in [6, 6.07) is 0. The van der Waals surface area contributed by atoms with Gasteiger partial charge in [0.15, 0.2) is 0 Å². The molecule has 70 valence electrons. The van der Waals surface area contributed by atoms with Gasteiger partial charge in [0.2, 0.25) is 0 Å². The van der Waals surface area contributed by atoms with Gasteiger partial charge in [-0.15, -0.1) is 9.93 Å². The molecule has 0 bridgehead atoms. The molecule has 0 N–H and O–H groups in total. The molecule has 0 aromatic rings. The minimum Gasteiger partial charge on any atom is -0.285 e. The molecule has 0 fully saturated rings. The fourth-order valence-corrected chi connectivity index (χ4v) is 2.27. The number of thiol groups is 1. The van der Waals surface area contributed by atoms with Crippen LogP contribution >= 0.6 is 0 Å². The molecular formula is C9H22OS. The molecule has 0 aromatic heterocycles. The van der Waals surface area contributed by atoms with Crippen LogP contribution in [-0.2, 0) is 9.93 Å². The van der Waals surface area contributed by atoms with Crippen LogP contribution in [0.1, 0.15) is 34.1 Å². The van der Waals surface area contributed by atoms with E-state index in [2.05, 4.69) is 27.7 Å². The lowest BCUT2D eigenvalue weighted by molar-refractivity contribution is 0.431. The van der Waals surface area contributed by atoms with Crippen LogP contribution in [0.3, 0.4) is 0 Å². The van der Waals surface area contributed by atoms with E-state index in [1.807, 2.05) is 12.5 Å². The molecule has 0 rings (SSSR count). The third kappa shape index (κ3) is 2.29. The highest BCUT2D eigenvalue weighted by Gasteiger charge is 2.32. The minimum atomic E-state index is -1.94. The first kappa shape index (κ1) is 11.2. The summed E-state index contributed by atoms with van der Waals surface area (Å²) >= 11 is 0. The van der Waals surface area contributed by atoms with Crippen LogP contribution in [0.25, 0.3) is 0 Å². The molecule has 1 unspecified atom stereocenters. The summed E-state index contributed by atoms with van der Waals surface area (Å²) in [6.45, 7) is 8.56. The van der Waals surface area contributed by atoms with Gasteiger partial charge >= 0.3 is 0 Å². The summed E-state index contributed by atoms with van der Waals surface area (Å²) in [5, 5.41) is 0. The molecular weight excluding hydrogens is 156 g/mol. The quantitative estimate of drug-likeness (QED) is 0.655. The smallest absolute Gasteiger partial charge is 0.0203 e. The predicted molar refractivity (Wildman–Crippen MR) is 54.9 cm³/mol. The van der Waals surface area contributed by atoms with Crippen LogP contribution in [-0.4, -0.2) is 21.5 Å². The summed E-state index contributed by atoms with van der Waals surface area (Å²) in [5.74, 6) is 0.545. The van der Waals surface area contributed by atoms with Crippen LogP contribution in [0.5, 0.6) is 0 Å². The Bertz CT molecular complexity index is 166. The van der Waals surface area contributed by atoms with Gasteiger partial charge in [-0.2, -0.15) is 0 Å². The molecule has 0 spiro atoms. The second-order valence-electron chi connectivity index (χ2n) is 4.31. The Balaban J connectivity index is 4.59. The maximum Gasteiger partial charge on any atom is 0.0203 e. The van der Waals surface area contributed by atoms with Crippen molar-refractivity contribution in [3.8, 4) is 0 Å². The lowest BCUT2D eigenvalue weighted by Gasteiger charge is -2.38. The summed E-state index contributed by atoms with van der Waals surface area (Å²) in [4.78, 5) is 0. The van der Waals surface area contributed by atoms with E-state index in [-0.39, 0.29) is 4.75 Å². The van der Waals surface area contributed by atoms with Crippen molar-refractivity contribution >= 4 is 9.93 Å². The SMILES string of the molecule is CCC(C)C(C)(C)[SH](C)(C)=O. The van der Waals surface area contributed by atoms with E-state index in [9.17, 15) is 4.21 Å². The normalized spacial score (nSPS) is 18.0. The van der Waals surface area contributed by atoms with E-state index in [0.717, 1.165) is 6.42 Å². The van der Waals surface area contributed by atoms with Crippen molar-refractivity contribution in [1.29, 1.82) is 0 Å². The predicted octanol–water partition coefficient (Wildman–Crippen LogP) is 2.09. The zero-order chi connectivity index (χ0) is 9.28. The number of hydrogen-bond donors (Lipinski definition) is 1. The van der Waals surface area contributed by atoms with Crippen LogP contribution in [0.15, 0.2) is 0 Å². The van der Waals surface area contributed by atoms with Gasteiger partial charge in [0, 0.05) is 4.75 Å². The number of rotatable bonds is 3. The second kappa shape index (κ2) is 3.26. The Morgan fingerprint density at radius 3 is 1.82 bits per heavy atom. The molecule has 0 heterocycles. The first-order valence-electron chi connectivity index (χ1n) is 4.28. The van der Waals surface area contributed by atoms with Gasteiger partial charge in [-0.25, -0.2) is 0 Å². The van der Waals surface area contributed by atoms with Crippen molar-refractivity contribution in [2.75, 3.05) is 12.5 Å². The van der Waals surface area contributed by atoms with Crippen molar-refractivity contribution in [1.82, 2.24) is 0 Å². The monoisotopic (exact) mass is 178 g/mol. The zero-order valence-electron chi connectivity index (χ0n) is 8.64. The van der Waals surface area contributed by atoms with Crippen LogP contribution in [0, 0.1) is 5.92 Å². The average Bonchev–Trinajstić information content (AvgIpc) is 1.83. The highest BCUT2D eigenvalue weighted by atomic mass is 32.2. The zero-order valence-corrected chi connectivity index (χ0v) is 9.53. The molecule has 2 heteroatoms. The van der Waals surface area contributed by atoms with Crippen molar-refractivity contribution in [3.63, 3.8) is 0 Å². The van der Waals surface area contributed by atoms with E-state index in [1.54, 1.807) is 0 Å². The Morgan fingerprint density at radius 2 is 1.73 bits per heavy atom. The summed E-state index contributed by atoms with van der Waals surface area (Å²) in [7, 11) is -1.94. The van der Waals surface area contributed by atoms with Crippen molar-refractivity contribution in [2.24, 2.45) is 5.92 Å². The van der Waals surface area contributed by atoms with E-state index >= 15 is 0 Å². The van der Waals surface area contributed by atoms with Crippen molar-refractivity contribution < 1.29 is 4.21 Å². The van der Waals surface area contributed by atoms with Gasteiger partial charge in [-0.05, 0) is 32.3 Å². The topological polar surface area (TPSA) is 17.1 Å².